The van der Waals surface area contributed by atoms with Crippen LogP contribution in [0.3, 0.4) is 0 Å². The third kappa shape index (κ3) is 5.14. The highest BCUT2D eigenvalue weighted by molar-refractivity contribution is 5.98. The van der Waals surface area contributed by atoms with Gasteiger partial charge in [0.2, 0.25) is 0 Å². The number of hydrogen-bond donors (Lipinski definition) is 0. The van der Waals surface area contributed by atoms with Crippen LogP contribution in [0.5, 0.6) is 0 Å². The lowest BCUT2D eigenvalue weighted by atomic mass is 10.1. The molecule has 0 N–H and O–H groups in total. The molecule has 0 spiro atoms. The van der Waals surface area contributed by atoms with Gasteiger partial charge in [-0.05, 0) is 18.9 Å². The summed E-state index contributed by atoms with van der Waals surface area (Å²) in [4.78, 5) is 11.8. The molecule has 0 aliphatic carbocycles. The number of carbonyl (C=O) groups excluding carboxylic acids is 1. The molecule has 0 radical (unpaired) electrons. The van der Waals surface area contributed by atoms with E-state index in [0.29, 0.717) is 6.61 Å². The summed E-state index contributed by atoms with van der Waals surface area (Å²) in [6, 6.07) is 7.64. The molecule has 0 aliphatic heterocycles. The zero-order valence-electron chi connectivity index (χ0n) is 10.9. The zero-order valence-corrected chi connectivity index (χ0v) is 10.9. The van der Waals surface area contributed by atoms with E-state index in [-0.39, 0.29) is 12.4 Å². The Morgan fingerprint density at radius 1 is 1.18 bits per heavy atom. The molecular formula is C15H22O2. The minimum atomic E-state index is 0.0820. The molecule has 0 aliphatic rings. The average molecular weight is 234 g/mol. The van der Waals surface area contributed by atoms with E-state index in [1.54, 1.807) is 0 Å². The van der Waals surface area contributed by atoms with E-state index in [0.717, 1.165) is 17.5 Å². The predicted molar refractivity (Wildman–Crippen MR) is 70.5 cm³/mol. The lowest BCUT2D eigenvalue weighted by Gasteiger charge is -2.05. The van der Waals surface area contributed by atoms with Gasteiger partial charge in [0.15, 0.2) is 5.78 Å². The van der Waals surface area contributed by atoms with Crippen LogP contribution in [0.1, 0.15) is 48.5 Å². The molecule has 0 fully saturated rings. The van der Waals surface area contributed by atoms with Crippen LogP contribution in [-0.2, 0) is 4.74 Å². The van der Waals surface area contributed by atoms with Crippen LogP contribution < -0.4 is 0 Å². The molecule has 2 heteroatoms. The molecule has 0 saturated carbocycles. The molecule has 94 valence electrons. The first-order valence-electron chi connectivity index (χ1n) is 6.42. The summed E-state index contributed by atoms with van der Waals surface area (Å²) in [5.41, 5.74) is 1.80. The highest BCUT2D eigenvalue weighted by Gasteiger charge is 2.07. The molecule has 2 nitrogen and oxygen atoms in total. The topological polar surface area (TPSA) is 26.3 Å². The van der Waals surface area contributed by atoms with Crippen LogP contribution in [0.15, 0.2) is 24.3 Å². The summed E-state index contributed by atoms with van der Waals surface area (Å²) in [7, 11) is 0. The van der Waals surface area contributed by atoms with Crippen LogP contribution >= 0.6 is 0 Å². The van der Waals surface area contributed by atoms with Crippen molar-refractivity contribution in [3.8, 4) is 0 Å². The van der Waals surface area contributed by atoms with Crippen molar-refractivity contribution in [3.63, 3.8) is 0 Å². The van der Waals surface area contributed by atoms with Crippen molar-refractivity contribution >= 4 is 5.78 Å². The summed E-state index contributed by atoms with van der Waals surface area (Å²) in [6.07, 6.45) is 4.71. The molecular weight excluding hydrogens is 212 g/mol. The first-order valence-corrected chi connectivity index (χ1v) is 6.42. The fraction of sp³-hybridized carbons (Fsp3) is 0.533. The largest absolute Gasteiger partial charge is 0.373 e. The molecule has 0 amide bonds. The number of hydrogen-bond acceptors (Lipinski definition) is 2. The van der Waals surface area contributed by atoms with Gasteiger partial charge < -0.3 is 4.74 Å². The molecule has 0 aromatic heterocycles. The Morgan fingerprint density at radius 3 is 2.65 bits per heavy atom. The second-order valence-corrected chi connectivity index (χ2v) is 4.35. The van der Waals surface area contributed by atoms with Crippen molar-refractivity contribution in [1.82, 2.24) is 0 Å². The predicted octanol–water partition coefficient (Wildman–Crippen LogP) is 3.77. The summed E-state index contributed by atoms with van der Waals surface area (Å²) >= 11 is 0. The Hall–Kier alpha value is -1.15. The molecule has 0 bridgehead atoms. The van der Waals surface area contributed by atoms with Gasteiger partial charge in [-0.1, -0.05) is 50.5 Å². The van der Waals surface area contributed by atoms with E-state index in [1.165, 1.54) is 19.3 Å². The molecule has 0 unspecified atom stereocenters. The van der Waals surface area contributed by atoms with Crippen LogP contribution in [0.25, 0.3) is 0 Å². The van der Waals surface area contributed by atoms with E-state index < -0.39 is 0 Å². The third-order valence-electron chi connectivity index (χ3n) is 2.82. The van der Waals surface area contributed by atoms with Crippen molar-refractivity contribution in [2.24, 2.45) is 0 Å². The fourth-order valence-electron chi connectivity index (χ4n) is 1.76. The van der Waals surface area contributed by atoms with Crippen molar-refractivity contribution < 1.29 is 9.53 Å². The number of ether oxygens (including phenoxy) is 1. The summed E-state index contributed by atoms with van der Waals surface area (Å²) < 4.78 is 5.40. The van der Waals surface area contributed by atoms with Gasteiger partial charge in [-0.3, -0.25) is 4.79 Å². The molecule has 0 heterocycles. The van der Waals surface area contributed by atoms with Crippen molar-refractivity contribution in [2.45, 2.75) is 39.5 Å². The number of rotatable bonds is 8. The van der Waals surface area contributed by atoms with Gasteiger partial charge in [0.25, 0.3) is 0 Å². The molecule has 1 aromatic rings. The van der Waals surface area contributed by atoms with Gasteiger partial charge in [-0.25, -0.2) is 0 Å². The lowest BCUT2D eigenvalue weighted by molar-refractivity contribution is 0.0752. The summed E-state index contributed by atoms with van der Waals surface area (Å²) in [5.74, 6) is 0.0820. The molecule has 0 saturated heterocycles. The first kappa shape index (κ1) is 13.9. The van der Waals surface area contributed by atoms with Gasteiger partial charge in [-0.15, -0.1) is 0 Å². The smallest absolute Gasteiger partial charge is 0.188 e. The van der Waals surface area contributed by atoms with Crippen LogP contribution in [0.4, 0.5) is 0 Å². The number of aryl methyl sites for hydroxylation is 1. The second kappa shape index (κ2) is 8.02. The second-order valence-electron chi connectivity index (χ2n) is 4.35. The van der Waals surface area contributed by atoms with Gasteiger partial charge in [0.05, 0.1) is 0 Å². The Labute approximate surface area is 104 Å². The molecule has 1 aromatic carbocycles. The van der Waals surface area contributed by atoms with E-state index in [2.05, 4.69) is 6.92 Å². The van der Waals surface area contributed by atoms with E-state index in [9.17, 15) is 4.79 Å². The standard InChI is InChI=1S/C15H22O2/c1-3-4-5-8-11-17-12-15(16)14-10-7-6-9-13(14)2/h6-7,9-10H,3-5,8,11-12H2,1-2H3. The maximum absolute atomic E-state index is 11.8. The monoisotopic (exact) mass is 234 g/mol. The Bertz CT molecular complexity index is 345. The maximum Gasteiger partial charge on any atom is 0.188 e. The van der Waals surface area contributed by atoms with E-state index in [4.69, 9.17) is 4.74 Å². The lowest BCUT2D eigenvalue weighted by Crippen LogP contribution is -2.11. The van der Waals surface area contributed by atoms with Crippen molar-refractivity contribution in [3.05, 3.63) is 35.4 Å². The summed E-state index contributed by atoms with van der Waals surface area (Å²) in [6.45, 7) is 5.03. The maximum atomic E-state index is 11.8. The number of carbonyl (C=O) groups is 1. The fourth-order valence-corrected chi connectivity index (χ4v) is 1.76. The average Bonchev–Trinajstić information content (AvgIpc) is 2.34. The number of ketones is 1. The molecule has 17 heavy (non-hydrogen) atoms. The highest BCUT2D eigenvalue weighted by atomic mass is 16.5. The van der Waals surface area contributed by atoms with Gasteiger partial charge in [0, 0.05) is 12.2 Å². The molecule has 0 atom stereocenters. The quantitative estimate of drug-likeness (QED) is 0.505. The minimum absolute atomic E-state index is 0.0820. The van der Waals surface area contributed by atoms with Crippen molar-refractivity contribution in [2.75, 3.05) is 13.2 Å². The van der Waals surface area contributed by atoms with Crippen molar-refractivity contribution in [1.29, 1.82) is 0 Å². The van der Waals surface area contributed by atoms with Gasteiger partial charge in [-0.2, -0.15) is 0 Å². The minimum Gasteiger partial charge on any atom is -0.373 e. The number of unbranched alkanes of at least 4 members (excludes halogenated alkanes) is 3. The zero-order chi connectivity index (χ0) is 12.5. The van der Waals surface area contributed by atoms with Crippen LogP contribution in [0, 0.1) is 6.92 Å². The van der Waals surface area contributed by atoms with Gasteiger partial charge >= 0.3 is 0 Å². The SMILES string of the molecule is CCCCCCOCC(=O)c1ccccc1C. The van der Waals surface area contributed by atoms with E-state index in [1.807, 2.05) is 31.2 Å². The summed E-state index contributed by atoms with van der Waals surface area (Å²) in [5, 5.41) is 0. The highest BCUT2D eigenvalue weighted by Crippen LogP contribution is 2.08. The van der Waals surface area contributed by atoms with Crippen LogP contribution in [0.2, 0.25) is 0 Å². The Balaban J connectivity index is 2.24. The Kier molecular flexibility index (Phi) is 6.56. The third-order valence-corrected chi connectivity index (χ3v) is 2.82. The van der Waals surface area contributed by atoms with Crippen LogP contribution in [-0.4, -0.2) is 19.0 Å². The molecule has 1 rings (SSSR count). The number of Topliss-reactive ketones (excluding diaryl/α,β-unsaturated/α-hetero) is 1. The Morgan fingerprint density at radius 2 is 1.94 bits per heavy atom. The first-order chi connectivity index (χ1) is 8.25. The van der Waals surface area contributed by atoms with E-state index >= 15 is 0 Å². The van der Waals surface area contributed by atoms with Gasteiger partial charge in [0.1, 0.15) is 6.61 Å². The number of benzene rings is 1. The normalized spacial score (nSPS) is 10.5.